The Morgan fingerprint density at radius 3 is 2.85 bits per heavy atom. The van der Waals surface area contributed by atoms with Gasteiger partial charge in [-0.3, -0.25) is 4.79 Å². The lowest BCUT2D eigenvalue weighted by Crippen LogP contribution is -2.32. The van der Waals surface area contributed by atoms with Crippen LogP contribution in [-0.2, 0) is 4.79 Å². The molecule has 1 aromatic carbocycles. The minimum absolute atomic E-state index is 0.00607. The van der Waals surface area contributed by atoms with Crippen molar-refractivity contribution < 1.29 is 13.6 Å². The van der Waals surface area contributed by atoms with Crippen LogP contribution in [0, 0.1) is 16.4 Å². The zero-order valence-electron chi connectivity index (χ0n) is 10.7. The minimum Gasteiger partial charge on any atom is -0.352 e. The summed E-state index contributed by atoms with van der Waals surface area (Å²) in [5.74, 6) is -2.20. The van der Waals surface area contributed by atoms with Gasteiger partial charge < -0.3 is 14.9 Å². The van der Waals surface area contributed by atoms with Crippen molar-refractivity contribution in [2.24, 2.45) is 0 Å². The highest BCUT2D eigenvalue weighted by molar-refractivity contribution is 7.71. The zero-order chi connectivity index (χ0) is 14.4. The largest absolute Gasteiger partial charge is 0.352 e. The first-order valence-corrected chi connectivity index (χ1v) is 6.78. The lowest BCUT2D eigenvalue weighted by atomic mass is 10.2. The van der Waals surface area contributed by atoms with Crippen LogP contribution >= 0.6 is 12.2 Å². The standard InChI is InChI=1S/C13H13F2N3OS/c1-6(12(19)16-7-2-3-7)18-11-9(17-13(18)20)5-4-8(14)10(11)15/h4-7H,2-3H2,1H3,(H,16,19)(H,17,20). The van der Waals surface area contributed by atoms with Gasteiger partial charge in [0.15, 0.2) is 16.4 Å². The Morgan fingerprint density at radius 1 is 1.50 bits per heavy atom. The van der Waals surface area contributed by atoms with Gasteiger partial charge in [-0.15, -0.1) is 0 Å². The van der Waals surface area contributed by atoms with E-state index in [4.69, 9.17) is 12.2 Å². The van der Waals surface area contributed by atoms with Gasteiger partial charge >= 0.3 is 0 Å². The number of halogens is 2. The van der Waals surface area contributed by atoms with Crippen molar-refractivity contribution >= 4 is 29.2 Å². The van der Waals surface area contributed by atoms with Crippen LogP contribution in [0.5, 0.6) is 0 Å². The number of H-pyrrole nitrogens is 1. The number of hydrogen-bond donors (Lipinski definition) is 2. The summed E-state index contributed by atoms with van der Waals surface area (Å²) in [4.78, 5) is 14.9. The van der Waals surface area contributed by atoms with E-state index < -0.39 is 17.7 Å². The van der Waals surface area contributed by atoms with Crippen molar-refractivity contribution in [3.63, 3.8) is 0 Å². The maximum atomic E-state index is 14.0. The van der Waals surface area contributed by atoms with Crippen LogP contribution in [0.2, 0.25) is 0 Å². The third-order valence-corrected chi connectivity index (χ3v) is 3.76. The molecule has 0 radical (unpaired) electrons. The van der Waals surface area contributed by atoms with Crippen molar-refractivity contribution in [2.75, 3.05) is 0 Å². The van der Waals surface area contributed by atoms with E-state index in [0.29, 0.717) is 5.52 Å². The van der Waals surface area contributed by atoms with Crippen molar-refractivity contribution in [2.45, 2.75) is 31.8 Å². The van der Waals surface area contributed by atoms with Gasteiger partial charge in [0.25, 0.3) is 0 Å². The third kappa shape index (κ3) is 2.11. The van der Waals surface area contributed by atoms with Gasteiger partial charge in [-0.2, -0.15) is 0 Å². The number of imidazole rings is 1. The third-order valence-electron chi connectivity index (χ3n) is 3.46. The Morgan fingerprint density at radius 2 is 2.20 bits per heavy atom. The molecule has 0 spiro atoms. The van der Waals surface area contributed by atoms with Gasteiger partial charge in [0, 0.05) is 6.04 Å². The predicted octanol–water partition coefficient (Wildman–Crippen LogP) is 2.82. The molecule has 3 rings (SSSR count). The van der Waals surface area contributed by atoms with Gasteiger partial charge in [-0.25, -0.2) is 8.78 Å². The maximum absolute atomic E-state index is 14.0. The lowest BCUT2D eigenvalue weighted by molar-refractivity contribution is -0.123. The maximum Gasteiger partial charge on any atom is 0.243 e. The number of nitrogens with one attached hydrogen (secondary N) is 2. The highest BCUT2D eigenvalue weighted by atomic mass is 32.1. The molecule has 1 atom stereocenters. The molecule has 1 aliphatic carbocycles. The second kappa shape index (κ2) is 4.66. The molecule has 1 heterocycles. The molecule has 1 aromatic heterocycles. The van der Waals surface area contributed by atoms with Crippen LogP contribution in [0.25, 0.3) is 11.0 Å². The Balaban J connectivity index is 2.09. The Hall–Kier alpha value is -1.76. The number of nitrogens with zero attached hydrogens (tertiary/aromatic N) is 1. The van der Waals surface area contributed by atoms with Crippen molar-refractivity contribution in [3.8, 4) is 0 Å². The fraction of sp³-hybridized carbons (Fsp3) is 0.385. The molecule has 2 aromatic rings. The molecule has 0 aliphatic heterocycles. The quantitative estimate of drug-likeness (QED) is 0.856. The predicted molar refractivity (Wildman–Crippen MR) is 72.9 cm³/mol. The normalized spacial score (nSPS) is 16.4. The molecule has 1 fully saturated rings. The zero-order valence-corrected chi connectivity index (χ0v) is 11.6. The van der Waals surface area contributed by atoms with E-state index in [1.807, 2.05) is 0 Å². The molecule has 0 saturated heterocycles. The van der Waals surface area contributed by atoms with Crippen molar-refractivity contribution in [1.29, 1.82) is 0 Å². The first-order chi connectivity index (χ1) is 9.49. The molecule has 4 nitrogen and oxygen atoms in total. The molecule has 7 heteroatoms. The Bertz CT molecular complexity index is 748. The molecule has 2 N–H and O–H groups in total. The summed E-state index contributed by atoms with van der Waals surface area (Å²) in [6.45, 7) is 1.62. The molecule has 0 bridgehead atoms. The summed E-state index contributed by atoms with van der Waals surface area (Å²) in [5.41, 5.74) is 0.369. The molecule has 1 aliphatic rings. The van der Waals surface area contributed by atoms with Crippen molar-refractivity contribution in [3.05, 3.63) is 28.5 Å². The number of aromatic nitrogens is 2. The summed E-state index contributed by atoms with van der Waals surface area (Å²) in [6.07, 6.45) is 1.92. The van der Waals surface area contributed by atoms with Gasteiger partial charge in [0.2, 0.25) is 5.91 Å². The summed E-state index contributed by atoms with van der Waals surface area (Å²) < 4.78 is 28.9. The first-order valence-electron chi connectivity index (χ1n) is 6.37. The monoisotopic (exact) mass is 297 g/mol. The van der Waals surface area contributed by atoms with Crippen molar-refractivity contribution in [1.82, 2.24) is 14.9 Å². The van der Waals surface area contributed by atoms with E-state index in [1.54, 1.807) is 6.92 Å². The minimum atomic E-state index is -0.999. The number of carbonyl (C=O) groups is 1. The van der Waals surface area contributed by atoms with E-state index >= 15 is 0 Å². The second-order valence-electron chi connectivity index (χ2n) is 5.02. The number of fused-ring (bicyclic) bond motifs is 1. The Kier molecular flexibility index (Phi) is 3.08. The number of carbonyl (C=O) groups excluding carboxylic acids is 1. The second-order valence-corrected chi connectivity index (χ2v) is 5.40. The van der Waals surface area contributed by atoms with Crippen LogP contribution < -0.4 is 5.32 Å². The molecule has 1 saturated carbocycles. The fourth-order valence-corrected chi connectivity index (χ4v) is 2.55. The van der Waals surface area contributed by atoms with Gasteiger partial charge in [0.05, 0.1) is 5.52 Å². The topological polar surface area (TPSA) is 49.8 Å². The first kappa shape index (κ1) is 13.2. The van der Waals surface area contributed by atoms with E-state index in [2.05, 4.69) is 10.3 Å². The smallest absolute Gasteiger partial charge is 0.243 e. The SMILES string of the molecule is CC(C(=O)NC1CC1)n1c(=S)[nH]c2ccc(F)c(F)c21. The van der Waals surface area contributed by atoms with Gasteiger partial charge in [-0.1, -0.05) is 0 Å². The van der Waals surface area contributed by atoms with Crippen LogP contribution in [-0.4, -0.2) is 21.5 Å². The number of aromatic amines is 1. The van der Waals surface area contributed by atoms with Gasteiger partial charge in [-0.05, 0) is 44.1 Å². The summed E-state index contributed by atoms with van der Waals surface area (Å²) in [7, 11) is 0. The number of amides is 1. The van der Waals surface area contributed by atoms with E-state index in [0.717, 1.165) is 18.9 Å². The van der Waals surface area contributed by atoms with Gasteiger partial charge in [0.1, 0.15) is 11.6 Å². The number of hydrogen-bond acceptors (Lipinski definition) is 2. The lowest BCUT2D eigenvalue weighted by Gasteiger charge is -2.14. The number of rotatable bonds is 3. The summed E-state index contributed by atoms with van der Waals surface area (Å²) >= 11 is 5.12. The summed E-state index contributed by atoms with van der Waals surface area (Å²) in [6, 6.07) is 1.94. The van der Waals surface area contributed by atoms with E-state index in [9.17, 15) is 13.6 Å². The van der Waals surface area contributed by atoms with Crippen LogP contribution in [0.15, 0.2) is 12.1 Å². The molecular weight excluding hydrogens is 284 g/mol. The number of benzene rings is 1. The van der Waals surface area contributed by atoms with E-state index in [1.165, 1.54) is 10.6 Å². The average Bonchev–Trinajstić information content (AvgIpc) is 3.14. The molecule has 1 unspecified atom stereocenters. The fourth-order valence-electron chi connectivity index (χ4n) is 2.19. The van der Waals surface area contributed by atoms with Crippen LogP contribution in [0.3, 0.4) is 0 Å². The van der Waals surface area contributed by atoms with E-state index in [-0.39, 0.29) is 22.2 Å². The summed E-state index contributed by atoms with van der Waals surface area (Å²) in [5, 5.41) is 2.83. The van der Waals surface area contributed by atoms with Crippen LogP contribution in [0.4, 0.5) is 8.78 Å². The molecule has 20 heavy (non-hydrogen) atoms. The molecular formula is C13H13F2N3OS. The molecule has 1 amide bonds. The average molecular weight is 297 g/mol. The highest BCUT2D eigenvalue weighted by Crippen LogP contribution is 2.25. The Labute approximate surface area is 118 Å². The molecule has 106 valence electrons. The van der Waals surface area contributed by atoms with Crippen LogP contribution in [0.1, 0.15) is 25.8 Å². The highest BCUT2D eigenvalue weighted by Gasteiger charge is 2.28.